The molecular weight excluding hydrogens is 430 g/mol. The van der Waals surface area contributed by atoms with Gasteiger partial charge in [-0.3, -0.25) is 19.4 Å². The zero-order chi connectivity index (χ0) is 23.5. The molecule has 0 spiro atoms. The van der Waals surface area contributed by atoms with Crippen molar-refractivity contribution in [2.75, 3.05) is 50.8 Å². The minimum Gasteiger partial charge on any atom is -0.485 e. The number of ether oxygens (including phenoxy) is 1. The summed E-state index contributed by atoms with van der Waals surface area (Å²) in [6.07, 6.45) is -3.10. The van der Waals surface area contributed by atoms with Crippen LogP contribution in [-0.4, -0.2) is 79.8 Å². The third-order valence-corrected chi connectivity index (χ3v) is 6.23. The van der Waals surface area contributed by atoms with Crippen molar-refractivity contribution in [1.82, 2.24) is 9.80 Å². The number of imide groups is 1. The maximum absolute atomic E-state index is 13.2. The lowest BCUT2D eigenvalue weighted by atomic mass is 10.00. The Morgan fingerprint density at radius 2 is 1.59 bits per heavy atom. The second-order valence-electron chi connectivity index (χ2n) is 8.41. The summed E-state index contributed by atoms with van der Waals surface area (Å²) in [5, 5.41) is 0. The van der Waals surface area contributed by atoms with Gasteiger partial charge < -0.3 is 9.64 Å². The zero-order valence-electron chi connectivity index (χ0n) is 18.3. The van der Waals surface area contributed by atoms with Crippen LogP contribution in [0.1, 0.15) is 20.3 Å². The minimum atomic E-state index is -4.21. The fourth-order valence-corrected chi connectivity index (χ4v) is 3.99. The number of rotatable bonds is 9. The second kappa shape index (κ2) is 10.1. The molecule has 3 rings (SSSR count). The fraction of sp³-hybridized carbons (Fsp3) is 0.636. The van der Waals surface area contributed by atoms with E-state index in [0.29, 0.717) is 44.8 Å². The summed E-state index contributed by atoms with van der Waals surface area (Å²) in [4.78, 5) is 29.9. The summed E-state index contributed by atoms with van der Waals surface area (Å²) in [5.74, 6) is -4.82. The number of para-hydroxylation sites is 2. The molecule has 2 aliphatic rings. The van der Waals surface area contributed by atoms with Crippen molar-refractivity contribution < 1.29 is 31.9 Å². The molecule has 1 aromatic carbocycles. The van der Waals surface area contributed by atoms with Gasteiger partial charge in [-0.2, -0.15) is 8.78 Å². The van der Waals surface area contributed by atoms with Crippen molar-refractivity contribution >= 4 is 17.5 Å². The first-order valence-electron chi connectivity index (χ1n) is 10.8. The largest absolute Gasteiger partial charge is 0.485 e. The number of alkyl halides is 4. The highest BCUT2D eigenvalue weighted by atomic mass is 19.3. The molecule has 0 aromatic heterocycles. The van der Waals surface area contributed by atoms with Gasteiger partial charge in [0.05, 0.1) is 5.69 Å². The third kappa shape index (κ3) is 5.33. The standard InChI is InChI=1S/C22H29F4N3O3/c1-15-16(2)20(31)29(19(15)30)9-5-8-27-10-12-28(13-11-27)17-6-3-4-7-18(17)32-14-22(25,26)21(23)24/h3-4,6-7,15-16,21H,5,8-14H2,1-2H3. The summed E-state index contributed by atoms with van der Waals surface area (Å²) in [5.41, 5.74) is 0.591. The van der Waals surface area contributed by atoms with Crippen molar-refractivity contribution in [3.63, 3.8) is 0 Å². The first-order chi connectivity index (χ1) is 15.1. The normalized spacial score (nSPS) is 22.8. The van der Waals surface area contributed by atoms with Crippen LogP contribution in [0.3, 0.4) is 0 Å². The lowest BCUT2D eigenvalue weighted by Crippen LogP contribution is -2.47. The minimum absolute atomic E-state index is 0.110. The van der Waals surface area contributed by atoms with Crippen molar-refractivity contribution in [1.29, 1.82) is 0 Å². The average Bonchev–Trinajstić information content (AvgIpc) is 2.96. The average molecular weight is 459 g/mol. The summed E-state index contributed by atoms with van der Waals surface area (Å²) in [6, 6.07) is 6.57. The fourth-order valence-electron chi connectivity index (χ4n) is 3.99. The van der Waals surface area contributed by atoms with Crippen LogP contribution in [0, 0.1) is 11.8 Å². The number of carbonyl (C=O) groups excluding carboxylic acids is 2. The Balaban J connectivity index is 1.48. The molecule has 0 radical (unpaired) electrons. The molecule has 2 amide bonds. The molecule has 0 aliphatic carbocycles. The third-order valence-electron chi connectivity index (χ3n) is 6.23. The van der Waals surface area contributed by atoms with E-state index < -0.39 is 19.0 Å². The van der Waals surface area contributed by atoms with E-state index in [1.165, 1.54) is 11.0 Å². The van der Waals surface area contributed by atoms with E-state index >= 15 is 0 Å². The molecule has 1 aromatic rings. The van der Waals surface area contributed by atoms with E-state index in [0.717, 1.165) is 6.54 Å². The van der Waals surface area contributed by atoms with Crippen molar-refractivity contribution in [2.45, 2.75) is 32.6 Å². The maximum atomic E-state index is 13.2. The van der Waals surface area contributed by atoms with Crippen LogP contribution in [0.15, 0.2) is 24.3 Å². The number of amides is 2. The van der Waals surface area contributed by atoms with E-state index in [1.54, 1.807) is 32.0 Å². The first-order valence-corrected chi connectivity index (χ1v) is 10.8. The Morgan fingerprint density at radius 1 is 1.00 bits per heavy atom. The summed E-state index contributed by atoms with van der Waals surface area (Å²) in [6.45, 7) is 5.94. The SMILES string of the molecule is CC1C(=O)N(CCCN2CCN(c3ccccc3OCC(F)(F)C(F)F)CC2)C(=O)C1C. The van der Waals surface area contributed by atoms with E-state index in [-0.39, 0.29) is 29.4 Å². The van der Waals surface area contributed by atoms with Crippen LogP contribution in [0.2, 0.25) is 0 Å². The van der Waals surface area contributed by atoms with Crippen molar-refractivity contribution in [3.05, 3.63) is 24.3 Å². The number of benzene rings is 1. The number of nitrogens with zero attached hydrogens (tertiary/aromatic N) is 3. The molecule has 2 aliphatic heterocycles. The second-order valence-corrected chi connectivity index (χ2v) is 8.41. The number of carbonyl (C=O) groups is 2. The molecule has 0 bridgehead atoms. The number of halogens is 4. The number of hydrogen-bond donors (Lipinski definition) is 0. The van der Waals surface area contributed by atoms with E-state index in [1.807, 2.05) is 4.90 Å². The van der Waals surface area contributed by atoms with Gasteiger partial charge in [0, 0.05) is 44.6 Å². The Morgan fingerprint density at radius 3 is 2.19 bits per heavy atom. The van der Waals surface area contributed by atoms with Crippen LogP contribution in [0.25, 0.3) is 0 Å². The molecule has 2 fully saturated rings. The van der Waals surface area contributed by atoms with Gasteiger partial charge in [-0.25, -0.2) is 8.78 Å². The zero-order valence-corrected chi connectivity index (χ0v) is 18.3. The lowest BCUT2D eigenvalue weighted by Gasteiger charge is -2.37. The Labute approximate surface area is 185 Å². The molecule has 32 heavy (non-hydrogen) atoms. The Bertz CT molecular complexity index is 795. The molecule has 10 heteroatoms. The van der Waals surface area contributed by atoms with Crippen molar-refractivity contribution in [2.24, 2.45) is 11.8 Å². The van der Waals surface area contributed by atoms with E-state index in [4.69, 9.17) is 4.74 Å². The lowest BCUT2D eigenvalue weighted by molar-refractivity contribution is -0.148. The van der Waals surface area contributed by atoms with Gasteiger partial charge in [0.25, 0.3) is 0 Å². The predicted molar refractivity (Wildman–Crippen MR) is 111 cm³/mol. The molecule has 178 valence electrons. The highest BCUT2D eigenvalue weighted by Crippen LogP contribution is 2.31. The first kappa shape index (κ1) is 24.3. The maximum Gasteiger partial charge on any atom is 0.340 e. The van der Waals surface area contributed by atoms with Crippen LogP contribution >= 0.6 is 0 Å². The van der Waals surface area contributed by atoms with Crippen LogP contribution in [0.5, 0.6) is 5.75 Å². The summed E-state index contributed by atoms with van der Waals surface area (Å²) >= 11 is 0. The molecule has 2 unspecified atom stereocenters. The number of anilines is 1. The van der Waals surface area contributed by atoms with Gasteiger partial charge in [0.1, 0.15) is 5.75 Å². The van der Waals surface area contributed by atoms with Crippen molar-refractivity contribution in [3.8, 4) is 5.75 Å². The van der Waals surface area contributed by atoms with Gasteiger partial charge in [0.15, 0.2) is 6.61 Å². The Hall–Kier alpha value is -2.36. The smallest absolute Gasteiger partial charge is 0.340 e. The molecule has 2 atom stereocenters. The molecule has 0 N–H and O–H groups in total. The van der Waals surface area contributed by atoms with Gasteiger partial charge >= 0.3 is 12.3 Å². The van der Waals surface area contributed by atoms with Gasteiger partial charge in [-0.15, -0.1) is 0 Å². The Kier molecular flexibility index (Phi) is 7.63. The monoisotopic (exact) mass is 459 g/mol. The highest BCUT2D eigenvalue weighted by Gasteiger charge is 2.42. The predicted octanol–water partition coefficient (Wildman–Crippen LogP) is 3.12. The van der Waals surface area contributed by atoms with E-state index in [9.17, 15) is 27.2 Å². The van der Waals surface area contributed by atoms with Gasteiger partial charge in [-0.05, 0) is 25.1 Å². The molecule has 2 saturated heterocycles. The van der Waals surface area contributed by atoms with Crippen LogP contribution in [0.4, 0.5) is 23.2 Å². The number of hydrogen-bond acceptors (Lipinski definition) is 5. The quantitative estimate of drug-likeness (QED) is 0.420. The van der Waals surface area contributed by atoms with Crippen LogP contribution < -0.4 is 9.64 Å². The molecule has 0 saturated carbocycles. The van der Waals surface area contributed by atoms with Gasteiger partial charge in [-0.1, -0.05) is 26.0 Å². The van der Waals surface area contributed by atoms with Gasteiger partial charge in [0.2, 0.25) is 11.8 Å². The molecular formula is C22H29F4N3O3. The summed E-state index contributed by atoms with van der Waals surface area (Å²) in [7, 11) is 0. The number of likely N-dealkylation sites (tertiary alicyclic amines) is 1. The van der Waals surface area contributed by atoms with Crippen LogP contribution in [-0.2, 0) is 9.59 Å². The highest BCUT2D eigenvalue weighted by molar-refractivity contribution is 6.04. The summed E-state index contributed by atoms with van der Waals surface area (Å²) < 4.78 is 56.3. The molecule has 6 nitrogen and oxygen atoms in total. The topological polar surface area (TPSA) is 53.1 Å². The molecule has 2 heterocycles. The van der Waals surface area contributed by atoms with E-state index in [2.05, 4.69) is 4.90 Å². The number of piperazine rings is 1.